The highest BCUT2D eigenvalue weighted by Crippen LogP contribution is 2.32. The van der Waals surface area contributed by atoms with Crippen LogP contribution in [0, 0.1) is 0 Å². The molecule has 1 aromatic carbocycles. The van der Waals surface area contributed by atoms with E-state index in [9.17, 15) is 9.59 Å². The van der Waals surface area contributed by atoms with Crippen molar-refractivity contribution < 1.29 is 14.3 Å². The van der Waals surface area contributed by atoms with Crippen molar-refractivity contribution in [2.45, 2.75) is 39.7 Å². The van der Waals surface area contributed by atoms with E-state index in [1.165, 1.54) is 23.0 Å². The molecule has 4 aromatic rings. The number of carbonyl (C=O) groups is 1. The highest BCUT2D eigenvalue weighted by atomic mass is 32.1. The first-order valence-electron chi connectivity index (χ1n) is 9.82. The number of nitrogens with zero attached hydrogens (tertiary/aromatic N) is 2. The van der Waals surface area contributed by atoms with Crippen LogP contribution in [0.1, 0.15) is 54.4 Å². The molecule has 0 spiro atoms. The van der Waals surface area contributed by atoms with Gasteiger partial charge in [-0.2, -0.15) is 0 Å². The van der Waals surface area contributed by atoms with Gasteiger partial charge in [0.05, 0.1) is 11.9 Å². The van der Waals surface area contributed by atoms with Gasteiger partial charge in [0, 0.05) is 16.9 Å². The molecule has 0 aliphatic heterocycles. The van der Waals surface area contributed by atoms with E-state index in [0.29, 0.717) is 21.8 Å². The lowest BCUT2D eigenvalue weighted by Gasteiger charge is -2.14. The van der Waals surface area contributed by atoms with E-state index in [1.807, 2.05) is 31.4 Å². The third-order valence-electron chi connectivity index (χ3n) is 5.10. The van der Waals surface area contributed by atoms with Crippen molar-refractivity contribution in [3.8, 4) is 11.1 Å². The van der Waals surface area contributed by atoms with Gasteiger partial charge in [0.1, 0.15) is 16.4 Å². The maximum Gasteiger partial charge on any atom is 0.371 e. The van der Waals surface area contributed by atoms with E-state index in [4.69, 9.17) is 14.5 Å². The Balaban J connectivity index is 1.87. The lowest BCUT2D eigenvalue weighted by Crippen LogP contribution is -2.26. The smallest absolute Gasteiger partial charge is 0.371 e. The Hall–Kier alpha value is -3.19. The highest BCUT2D eigenvalue weighted by Gasteiger charge is 2.20. The number of aryl methyl sites for hydroxylation is 1. The van der Waals surface area contributed by atoms with Gasteiger partial charge in [-0.3, -0.25) is 9.36 Å². The number of carboxylic acid groups (broad SMARTS) is 1. The molecular formula is C23H22N2O4S. The lowest BCUT2D eigenvalue weighted by atomic mass is 10.0. The van der Waals surface area contributed by atoms with Gasteiger partial charge < -0.3 is 9.52 Å². The average molecular weight is 423 g/mol. The van der Waals surface area contributed by atoms with E-state index >= 15 is 0 Å². The molecule has 0 atom stereocenters. The number of fused-ring (bicyclic) bond motifs is 1. The second kappa shape index (κ2) is 7.91. The third-order valence-corrected chi connectivity index (χ3v) is 5.97. The molecule has 1 N–H and O–H groups in total. The Morgan fingerprint density at radius 3 is 2.53 bits per heavy atom. The number of aromatic nitrogens is 2. The molecule has 30 heavy (non-hydrogen) atoms. The molecule has 3 aromatic heterocycles. The standard InChI is InChI=1S/C23H22N2O4S/c1-4-14-5-7-15(8-6-14)17-12-30-21-19(17)22(26)25(20(24-21)13(2)3)11-16-9-10-18(29-16)23(27)28/h5-10,12-13H,4,11H2,1-3H3,(H,27,28). The zero-order valence-electron chi connectivity index (χ0n) is 17.0. The fourth-order valence-corrected chi connectivity index (χ4v) is 4.44. The molecule has 0 saturated heterocycles. The number of hydrogen-bond acceptors (Lipinski definition) is 5. The van der Waals surface area contributed by atoms with Crippen LogP contribution in [0.15, 0.2) is 51.0 Å². The van der Waals surface area contributed by atoms with Crippen LogP contribution < -0.4 is 5.56 Å². The minimum absolute atomic E-state index is 0.0189. The number of hydrogen-bond donors (Lipinski definition) is 1. The van der Waals surface area contributed by atoms with Gasteiger partial charge in [-0.15, -0.1) is 11.3 Å². The molecule has 0 aliphatic rings. The van der Waals surface area contributed by atoms with Crippen LogP contribution in [-0.4, -0.2) is 20.6 Å². The predicted octanol–water partition coefficient (Wildman–Crippen LogP) is 5.15. The molecule has 6 nitrogen and oxygen atoms in total. The Labute approximate surface area is 177 Å². The minimum Gasteiger partial charge on any atom is -0.475 e. The number of rotatable bonds is 6. The SMILES string of the molecule is CCc1ccc(-c2csc3nc(C(C)C)n(Cc4ccc(C(=O)O)o4)c(=O)c23)cc1. The van der Waals surface area contributed by atoms with Crippen LogP contribution in [0.3, 0.4) is 0 Å². The van der Waals surface area contributed by atoms with E-state index in [0.717, 1.165) is 17.5 Å². The normalized spacial score (nSPS) is 11.5. The number of furan rings is 1. The van der Waals surface area contributed by atoms with Crippen molar-refractivity contribution in [1.82, 2.24) is 9.55 Å². The van der Waals surface area contributed by atoms with Gasteiger partial charge >= 0.3 is 5.97 Å². The number of aromatic carboxylic acids is 1. The quantitative estimate of drug-likeness (QED) is 0.464. The molecule has 0 unspecified atom stereocenters. The molecule has 154 valence electrons. The monoisotopic (exact) mass is 422 g/mol. The summed E-state index contributed by atoms with van der Waals surface area (Å²) in [4.78, 5) is 30.2. The summed E-state index contributed by atoms with van der Waals surface area (Å²) in [5.74, 6) is -0.213. The van der Waals surface area contributed by atoms with Crippen LogP contribution >= 0.6 is 11.3 Å². The van der Waals surface area contributed by atoms with Gasteiger partial charge in [0.25, 0.3) is 5.56 Å². The highest BCUT2D eigenvalue weighted by molar-refractivity contribution is 7.17. The summed E-state index contributed by atoms with van der Waals surface area (Å²) >= 11 is 1.46. The van der Waals surface area contributed by atoms with E-state index < -0.39 is 5.97 Å². The van der Waals surface area contributed by atoms with Crippen molar-refractivity contribution in [3.63, 3.8) is 0 Å². The van der Waals surface area contributed by atoms with Crippen LogP contribution in [-0.2, 0) is 13.0 Å². The van der Waals surface area contributed by atoms with Crippen LogP contribution in [0.4, 0.5) is 0 Å². The molecule has 7 heteroatoms. The third kappa shape index (κ3) is 3.57. The lowest BCUT2D eigenvalue weighted by molar-refractivity contribution is 0.0660. The minimum atomic E-state index is -1.14. The Kier molecular flexibility index (Phi) is 5.30. The molecule has 0 saturated carbocycles. The zero-order valence-corrected chi connectivity index (χ0v) is 17.8. The first-order valence-corrected chi connectivity index (χ1v) is 10.7. The largest absolute Gasteiger partial charge is 0.475 e. The van der Waals surface area contributed by atoms with Crippen LogP contribution in [0.25, 0.3) is 21.3 Å². The van der Waals surface area contributed by atoms with Crippen LogP contribution in [0.2, 0.25) is 0 Å². The fourth-order valence-electron chi connectivity index (χ4n) is 3.50. The van der Waals surface area contributed by atoms with Crippen molar-refractivity contribution in [2.24, 2.45) is 0 Å². The molecule has 0 aliphatic carbocycles. The second-order valence-electron chi connectivity index (χ2n) is 7.47. The van der Waals surface area contributed by atoms with Crippen molar-refractivity contribution in [1.29, 1.82) is 0 Å². The van der Waals surface area contributed by atoms with E-state index in [1.54, 1.807) is 10.6 Å². The van der Waals surface area contributed by atoms with Gasteiger partial charge in [0.2, 0.25) is 5.76 Å². The summed E-state index contributed by atoms with van der Waals surface area (Å²) in [6.45, 7) is 6.20. The predicted molar refractivity (Wildman–Crippen MR) is 118 cm³/mol. The van der Waals surface area contributed by atoms with E-state index in [-0.39, 0.29) is 23.8 Å². The summed E-state index contributed by atoms with van der Waals surface area (Å²) in [7, 11) is 0. The van der Waals surface area contributed by atoms with Gasteiger partial charge in [-0.1, -0.05) is 45.0 Å². The molecule has 4 rings (SSSR count). The molecular weight excluding hydrogens is 400 g/mol. The summed E-state index contributed by atoms with van der Waals surface area (Å²) < 4.78 is 6.98. The summed E-state index contributed by atoms with van der Waals surface area (Å²) in [6.07, 6.45) is 0.957. The Morgan fingerprint density at radius 1 is 1.20 bits per heavy atom. The summed E-state index contributed by atoms with van der Waals surface area (Å²) in [6, 6.07) is 11.2. The van der Waals surface area contributed by atoms with Crippen molar-refractivity contribution in [2.75, 3.05) is 0 Å². The molecule has 0 fully saturated rings. The fraction of sp³-hybridized carbons (Fsp3) is 0.261. The molecule has 0 amide bonds. The van der Waals surface area contributed by atoms with Crippen LogP contribution in [0.5, 0.6) is 0 Å². The van der Waals surface area contributed by atoms with Gasteiger partial charge in [-0.05, 0) is 29.7 Å². The first-order chi connectivity index (χ1) is 14.4. The van der Waals surface area contributed by atoms with Crippen molar-refractivity contribution in [3.05, 3.63) is 75.0 Å². The summed E-state index contributed by atoms with van der Waals surface area (Å²) in [5, 5.41) is 11.7. The van der Waals surface area contributed by atoms with Gasteiger partial charge in [0.15, 0.2) is 0 Å². The average Bonchev–Trinajstić information content (AvgIpc) is 3.37. The maximum absolute atomic E-state index is 13.5. The zero-order chi connectivity index (χ0) is 21.4. The van der Waals surface area contributed by atoms with E-state index in [2.05, 4.69) is 19.1 Å². The maximum atomic E-state index is 13.5. The first kappa shape index (κ1) is 20.1. The Bertz CT molecular complexity index is 1280. The second-order valence-corrected chi connectivity index (χ2v) is 8.33. The number of thiophene rings is 1. The van der Waals surface area contributed by atoms with Crippen molar-refractivity contribution >= 4 is 27.5 Å². The molecule has 0 bridgehead atoms. The number of benzene rings is 1. The summed E-state index contributed by atoms with van der Waals surface area (Å²) in [5.41, 5.74) is 2.94. The molecule has 0 radical (unpaired) electrons. The Morgan fingerprint density at radius 2 is 1.93 bits per heavy atom. The number of carboxylic acids is 1. The van der Waals surface area contributed by atoms with Gasteiger partial charge in [-0.25, -0.2) is 9.78 Å². The topological polar surface area (TPSA) is 85.3 Å². The molecule has 3 heterocycles.